The summed E-state index contributed by atoms with van der Waals surface area (Å²) in [5, 5.41) is 0.674. The molecule has 2 rings (SSSR count). The normalized spacial score (nSPS) is 18.6. The van der Waals surface area contributed by atoms with Crippen LogP contribution in [0.15, 0.2) is 24.3 Å². The molecule has 0 bridgehead atoms. The molecular weight excluding hydrogens is 264 g/mol. The minimum atomic E-state index is 0.143. The Bertz CT molecular complexity index is 422. The first-order valence-electron chi connectivity index (χ1n) is 6.55. The molecule has 1 atom stereocenters. The van der Waals surface area contributed by atoms with Crippen molar-refractivity contribution in [3.05, 3.63) is 29.3 Å². The van der Waals surface area contributed by atoms with Gasteiger partial charge < -0.3 is 15.4 Å². The number of halogens is 1. The molecular formula is C14H19ClN2O2. The highest BCUT2D eigenvalue weighted by Crippen LogP contribution is 2.17. The molecule has 5 heteroatoms. The van der Waals surface area contributed by atoms with Gasteiger partial charge in [0.15, 0.2) is 0 Å². The maximum absolute atomic E-state index is 11.9. The van der Waals surface area contributed by atoms with E-state index >= 15 is 0 Å². The van der Waals surface area contributed by atoms with E-state index in [0.717, 1.165) is 25.3 Å². The standard InChI is InChI=1S/C14H19ClN2O2/c15-12-1-3-13(4-2-12)19-8-6-14(18)17-7-5-11(9-16)10-17/h1-4,11H,5-10,16H2. The lowest BCUT2D eigenvalue weighted by atomic mass is 10.1. The lowest BCUT2D eigenvalue weighted by Gasteiger charge is -2.16. The smallest absolute Gasteiger partial charge is 0.226 e. The van der Waals surface area contributed by atoms with Gasteiger partial charge in [0.2, 0.25) is 5.91 Å². The van der Waals surface area contributed by atoms with Crippen LogP contribution in [0.5, 0.6) is 5.75 Å². The van der Waals surface area contributed by atoms with Crippen molar-refractivity contribution in [3.8, 4) is 5.75 Å². The van der Waals surface area contributed by atoms with E-state index in [1.54, 1.807) is 24.3 Å². The van der Waals surface area contributed by atoms with Crippen molar-refractivity contribution in [1.29, 1.82) is 0 Å². The fourth-order valence-corrected chi connectivity index (χ4v) is 2.32. The van der Waals surface area contributed by atoms with Crippen molar-refractivity contribution in [2.45, 2.75) is 12.8 Å². The molecule has 1 fully saturated rings. The topological polar surface area (TPSA) is 55.6 Å². The summed E-state index contributed by atoms with van der Waals surface area (Å²) in [5.41, 5.74) is 5.61. The number of hydrogen-bond donors (Lipinski definition) is 1. The van der Waals surface area contributed by atoms with Gasteiger partial charge in [0.25, 0.3) is 0 Å². The Morgan fingerprint density at radius 2 is 2.16 bits per heavy atom. The highest BCUT2D eigenvalue weighted by Gasteiger charge is 2.24. The molecule has 1 aromatic rings. The fourth-order valence-electron chi connectivity index (χ4n) is 2.20. The van der Waals surface area contributed by atoms with E-state index in [1.165, 1.54) is 0 Å². The van der Waals surface area contributed by atoms with Crippen LogP contribution in [0.2, 0.25) is 5.02 Å². The minimum absolute atomic E-state index is 0.143. The van der Waals surface area contributed by atoms with Crippen LogP contribution in [0, 0.1) is 5.92 Å². The van der Waals surface area contributed by atoms with Crippen LogP contribution in [0.3, 0.4) is 0 Å². The molecule has 1 aliphatic rings. The SMILES string of the molecule is NCC1CCN(C(=O)CCOc2ccc(Cl)cc2)C1. The molecule has 1 saturated heterocycles. The first kappa shape index (κ1) is 14.2. The summed E-state index contributed by atoms with van der Waals surface area (Å²) >= 11 is 5.78. The largest absolute Gasteiger partial charge is 0.493 e. The molecule has 0 radical (unpaired) electrons. The van der Waals surface area contributed by atoms with E-state index < -0.39 is 0 Å². The maximum atomic E-state index is 11.9. The average molecular weight is 283 g/mol. The highest BCUT2D eigenvalue weighted by molar-refractivity contribution is 6.30. The fraction of sp³-hybridized carbons (Fsp3) is 0.500. The number of likely N-dealkylation sites (tertiary alicyclic amines) is 1. The molecule has 104 valence electrons. The van der Waals surface area contributed by atoms with E-state index in [1.807, 2.05) is 4.90 Å². The van der Waals surface area contributed by atoms with Gasteiger partial charge in [0.1, 0.15) is 5.75 Å². The van der Waals surface area contributed by atoms with Crippen molar-refractivity contribution < 1.29 is 9.53 Å². The Labute approximate surface area is 118 Å². The van der Waals surface area contributed by atoms with Crippen molar-refractivity contribution in [1.82, 2.24) is 4.90 Å². The van der Waals surface area contributed by atoms with Crippen LogP contribution in [-0.2, 0) is 4.79 Å². The van der Waals surface area contributed by atoms with Gasteiger partial charge in [-0.1, -0.05) is 11.6 Å². The maximum Gasteiger partial charge on any atom is 0.226 e. The lowest BCUT2D eigenvalue weighted by Crippen LogP contribution is -2.30. The van der Waals surface area contributed by atoms with Crippen LogP contribution >= 0.6 is 11.6 Å². The predicted molar refractivity (Wildman–Crippen MR) is 75.3 cm³/mol. The van der Waals surface area contributed by atoms with E-state index in [-0.39, 0.29) is 5.91 Å². The Balaban J connectivity index is 1.71. The van der Waals surface area contributed by atoms with Gasteiger partial charge in [-0.3, -0.25) is 4.79 Å². The number of benzene rings is 1. The van der Waals surface area contributed by atoms with Crippen molar-refractivity contribution in [3.63, 3.8) is 0 Å². The molecule has 1 heterocycles. The quantitative estimate of drug-likeness (QED) is 0.898. The van der Waals surface area contributed by atoms with Gasteiger partial charge in [0, 0.05) is 18.1 Å². The van der Waals surface area contributed by atoms with Crippen LogP contribution in [0.25, 0.3) is 0 Å². The minimum Gasteiger partial charge on any atom is -0.493 e. The number of ether oxygens (including phenoxy) is 1. The average Bonchev–Trinajstić information content (AvgIpc) is 2.90. The molecule has 0 aliphatic carbocycles. The Kier molecular flexibility index (Phi) is 5.05. The van der Waals surface area contributed by atoms with E-state index in [9.17, 15) is 4.79 Å². The van der Waals surface area contributed by atoms with Gasteiger partial charge >= 0.3 is 0 Å². The number of carbonyl (C=O) groups is 1. The monoisotopic (exact) mass is 282 g/mol. The van der Waals surface area contributed by atoms with Crippen LogP contribution in [0.4, 0.5) is 0 Å². The molecule has 1 aromatic carbocycles. The Morgan fingerprint density at radius 1 is 1.42 bits per heavy atom. The molecule has 0 spiro atoms. The van der Waals surface area contributed by atoms with Crippen molar-refractivity contribution >= 4 is 17.5 Å². The van der Waals surface area contributed by atoms with Crippen LogP contribution < -0.4 is 10.5 Å². The predicted octanol–water partition coefficient (Wildman–Crippen LogP) is 1.92. The number of nitrogens with two attached hydrogens (primary N) is 1. The summed E-state index contributed by atoms with van der Waals surface area (Å²) in [6.07, 6.45) is 1.42. The molecule has 1 aliphatic heterocycles. The van der Waals surface area contributed by atoms with E-state index in [2.05, 4.69) is 0 Å². The third-order valence-corrected chi connectivity index (χ3v) is 3.62. The van der Waals surface area contributed by atoms with Gasteiger partial charge in [-0.2, -0.15) is 0 Å². The van der Waals surface area contributed by atoms with Crippen molar-refractivity contribution in [2.75, 3.05) is 26.2 Å². The van der Waals surface area contributed by atoms with Crippen molar-refractivity contribution in [2.24, 2.45) is 11.7 Å². The first-order valence-corrected chi connectivity index (χ1v) is 6.93. The van der Waals surface area contributed by atoms with E-state index in [0.29, 0.717) is 30.5 Å². The Morgan fingerprint density at radius 3 is 2.79 bits per heavy atom. The number of nitrogens with zero attached hydrogens (tertiary/aromatic N) is 1. The molecule has 0 aromatic heterocycles. The van der Waals surface area contributed by atoms with Gasteiger partial charge in [-0.05, 0) is 43.1 Å². The number of hydrogen-bond acceptors (Lipinski definition) is 3. The van der Waals surface area contributed by atoms with Gasteiger partial charge in [0.05, 0.1) is 13.0 Å². The van der Waals surface area contributed by atoms with Gasteiger partial charge in [-0.15, -0.1) is 0 Å². The second-order valence-electron chi connectivity index (χ2n) is 4.78. The first-order chi connectivity index (χ1) is 9.19. The summed E-state index contributed by atoms with van der Waals surface area (Å²) < 4.78 is 5.51. The molecule has 2 N–H and O–H groups in total. The lowest BCUT2D eigenvalue weighted by molar-refractivity contribution is -0.130. The number of rotatable bonds is 5. The summed E-state index contributed by atoms with van der Waals surface area (Å²) in [7, 11) is 0. The highest BCUT2D eigenvalue weighted by atomic mass is 35.5. The summed E-state index contributed by atoms with van der Waals surface area (Å²) in [6.45, 7) is 2.66. The zero-order chi connectivity index (χ0) is 13.7. The molecule has 19 heavy (non-hydrogen) atoms. The third-order valence-electron chi connectivity index (χ3n) is 3.37. The van der Waals surface area contributed by atoms with Gasteiger partial charge in [-0.25, -0.2) is 0 Å². The van der Waals surface area contributed by atoms with Crippen LogP contribution in [-0.4, -0.2) is 37.0 Å². The third kappa shape index (κ3) is 4.11. The molecule has 0 saturated carbocycles. The van der Waals surface area contributed by atoms with Crippen LogP contribution in [0.1, 0.15) is 12.8 Å². The zero-order valence-corrected chi connectivity index (χ0v) is 11.6. The molecule has 4 nitrogen and oxygen atoms in total. The second kappa shape index (κ2) is 6.78. The van der Waals surface area contributed by atoms with E-state index in [4.69, 9.17) is 22.1 Å². The second-order valence-corrected chi connectivity index (χ2v) is 5.22. The Hall–Kier alpha value is -1.26. The summed E-state index contributed by atoms with van der Waals surface area (Å²) in [6, 6.07) is 7.14. The summed E-state index contributed by atoms with van der Waals surface area (Å²) in [5.74, 6) is 1.34. The molecule has 1 unspecified atom stereocenters. The number of amides is 1. The summed E-state index contributed by atoms with van der Waals surface area (Å²) in [4.78, 5) is 13.8. The number of carbonyl (C=O) groups excluding carboxylic acids is 1. The molecule has 1 amide bonds. The zero-order valence-electron chi connectivity index (χ0n) is 10.8.